The molecule has 226 valence electrons. The Bertz CT molecular complexity index is 1120. The largest absolute Gasteiger partial charge is 0.399 e. The molecule has 2 amide bonds. The molecule has 0 aromatic heterocycles. The molecule has 0 aliphatic rings. The molecule has 3 N–H and O–H groups in total. The Kier molecular flexibility index (Phi) is 15.0. The first-order valence-corrected chi connectivity index (χ1v) is 14.3. The lowest BCUT2D eigenvalue weighted by Crippen LogP contribution is -2.49. The van der Waals surface area contributed by atoms with Crippen LogP contribution < -0.4 is 10.6 Å². The second kappa shape index (κ2) is 18.1. The summed E-state index contributed by atoms with van der Waals surface area (Å²) in [6.07, 6.45) is 1.37. The van der Waals surface area contributed by atoms with Gasteiger partial charge in [-0.15, -0.1) is 0 Å². The fraction of sp³-hybridized carbons (Fsp3) is 0.516. The van der Waals surface area contributed by atoms with Crippen molar-refractivity contribution < 1.29 is 28.3 Å². The lowest BCUT2D eigenvalue weighted by Gasteiger charge is -2.25. The number of aryl methyl sites for hydroxylation is 1. The minimum Gasteiger partial charge on any atom is -0.399 e. The van der Waals surface area contributed by atoms with Crippen LogP contribution in [0.5, 0.6) is 0 Å². The van der Waals surface area contributed by atoms with Gasteiger partial charge in [0, 0.05) is 45.1 Å². The number of hydrogen-bond acceptors (Lipinski definition) is 6. The number of nitrogens with zero attached hydrogens (tertiary/aromatic N) is 2. The molecular formula is C31H44F2N4O4. The van der Waals surface area contributed by atoms with E-state index < -0.39 is 29.7 Å². The number of hydrogen-bond donors (Lipinski definition) is 3. The van der Waals surface area contributed by atoms with Gasteiger partial charge in [-0.25, -0.2) is 8.78 Å². The molecule has 2 aromatic carbocycles. The Labute approximate surface area is 242 Å². The van der Waals surface area contributed by atoms with Crippen molar-refractivity contribution in [3.8, 4) is 0 Å². The van der Waals surface area contributed by atoms with Crippen LogP contribution in [0, 0.1) is 11.6 Å². The number of aliphatic hydroxyl groups is 1. The molecule has 0 bridgehead atoms. The van der Waals surface area contributed by atoms with Gasteiger partial charge in [0.05, 0.1) is 12.1 Å². The van der Waals surface area contributed by atoms with Crippen molar-refractivity contribution in [2.45, 2.75) is 78.0 Å². The third-order valence-corrected chi connectivity index (χ3v) is 6.58. The number of oxime groups is 1. The van der Waals surface area contributed by atoms with E-state index in [1.165, 1.54) is 24.8 Å². The molecule has 0 saturated carbocycles. The maximum atomic E-state index is 13.9. The lowest BCUT2D eigenvalue weighted by molar-refractivity contribution is -0.124. The summed E-state index contributed by atoms with van der Waals surface area (Å²) < 4.78 is 27.7. The molecule has 10 heteroatoms. The van der Waals surface area contributed by atoms with Gasteiger partial charge in [-0.1, -0.05) is 50.2 Å². The van der Waals surface area contributed by atoms with Crippen molar-refractivity contribution in [3.63, 3.8) is 0 Å². The summed E-state index contributed by atoms with van der Waals surface area (Å²) in [5.74, 6) is -2.20. The van der Waals surface area contributed by atoms with Crippen molar-refractivity contribution in [1.29, 1.82) is 0 Å². The number of benzene rings is 2. The molecule has 0 unspecified atom stereocenters. The Morgan fingerprint density at radius 1 is 0.976 bits per heavy atom. The molecule has 0 heterocycles. The predicted molar refractivity (Wildman–Crippen MR) is 156 cm³/mol. The van der Waals surface area contributed by atoms with Crippen molar-refractivity contribution in [3.05, 3.63) is 70.8 Å². The summed E-state index contributed by atoms with van der Waals surface area (Å²) in [4.78, 5) is 32.5. The van der Waals surface area contributed by atoms with Gasteiger partial charge >= 0.3 is 0 Å². The number of rotatable bonds is 18. The van der Waals surface area contributed by atoms with E-state index in [0.717, 1.165) is 30.9 Å². The molecule has 0 radical (unpaired) electrons. The summed E-state index contributed by atoms with van der Waals surface area (Å²) in [5.41, 5.74) is 2.68. The lowest BCUT2D eigenvalue weighted by atomic mass is 10.00. The SMILES string of the molecule is CCCN(CCC)C(=O)/C(CCC(=O)N[C@@H](Cc1cc(F)cc(F)c1)[C@H](O)CNCc1cccc(CC)c1)=N/OC. The first kappa shape index (κ1) is 33.8. The zero-order valence-corrected chi connectivity index (χ0v) is 24.6. The van der Waals surface area contributed by atoms with E-state index in [-0.39, 0.29) is 37.4 Å². The first-order valence-electron chi connectivity index (χ1n) is 14.3. The summed E-state index contributed by atoms with van der Waals surface area (Å²) in [6, 6.07) is 10.4. The van der Waals surface area contributed by atoms with Crippen LogP contribution in [0.2, 0.25) is 0 Å². The minimum absolute atomic E-state index is 0.00725. The zero-order chi connectivity index (χ0) is 30.2. The molecular weight excluding hydrogens is 530 g/mol. The monoisotopic (exact) mass is 574 g/mol. The quantitative estimate of drug-likeness (QED) is 0.184. The van der Waals surface area contributed by atoms with Gasteiger partial charge in [-0.3, -0.25) is 9.59 Å². The molecule has 2 atom stereocenters. The smallest absolute Gasteiger partial charge is 0.271 e. The third kappa shape index (κ3) is 11.9. The van der Waals surface area contributed by atoms with Gasteiger partial charge in [0.2, 0.25) is 5.91 Å². The van der Waals surface area contributed by atoms with E-state index >= 15 is 0 Å². The van der Waals surface area contributed by atoms with Crippen LogP contribution >= 0.6 is 0 Å². The molecule has 0 fully saturated rings. The summed E-state index contributed by atoms with van der Waals surface area (Å²) >= 11 is 0. The van der Waals surface area contributed by atoms with Crippen LogP contribution in [0.4, 0.5) is 8.78 Å². The van der Waals surface area contributed by atoms with E-state index in [1.54, 1.807) is 4.90 Å². The Hall–Kier alpha value is -3.37. The number of carbonyl (C=O) groups excluding carboxylic acids is 2. The topological polar surface area (TPSA) is 103 Å². The van der Waals surface area contributed by atoms with Gasteiger partial charge < -0.3 is 25.5 Å². The second-order valence-electron chi connectivity index (χ2n) is 10.0. The van der Waals surface area contributed by atoms with E-state index in [1.807, 2.05) is 32.0 Å². The van der Waals surface area contributed by atoms with Crippen LogP contribution in [-0.2, 0) is 33.8 Å². The van der Waals surface area contributed by atoms with Gasteiger partial charge in [-0.2, -0.15) is 0 Å². The number of nitrogens with one attached hydrogen (secondary N) is 2. The number of carbonyl (C=O) groups is 2. The molecule has 2 rings (SSSR count). The molecule has 0 aliphatic heterocycles. The normalized spacial score (nSPS) is 13.0. The summed E-state index contributed by atoms with van der Waals surface area (Å²) in [6.45, 7) is 7.80. The van der Waals surface area contributed by atoms with E-state index in [4.69, 9.17) is 4.84 Å². The Morgan fingerprint density at radius 2 is 1.63 bits per heavy atom. The highest BCUT2D eigenvalue weighted by Crippen LogP contribution is 2.13. The first-order chi connectivity index (χ1) is 19.7. The van der Waals surface area contributed by atoms with Gasteiger partial charge in [0.15, 0.2) is 0 Å². The van der Waals surface area contributed by atoms with E-state index in [0.29, 0.717) is 25.2 Å². The Morgan fingerprint density at radius 3 is 2.24 bits per heavy atom. The molecule has 0 saturated heterocycles. The van der Waals surface area contributed by atoms with E-state index in [2.05, 4.69) is 28.8 Å². The average Bonchev–Trinajstić information content (AvgIpc) is 2.94. The van der Waals surface area contributed by atoms with Crippen LogP contribution in [0.15, 0.2) is 47.6 Å². The predicted octanol–water partition coefficient (Wildman–Crippen LogP) is 4.14. The number of halogens is 2. The van der Waals surface area contributed by atoms with E-state index in [9.17, 15) is 23.5 Å². The maximum absolute atomic E-state index is 13.9. The minimum atomic E-state index is -1.06. The van der Waals surface area contributed by atoms with Crippen LogP contribution in [0.25, 0.3) is 0 Å². The van der Waals surface area contributed by atoms with Crippen LogP contribution in [0.1, 0.15) is 63.1 Å². The summed E-state index contributed by atoms with van der Waals surface area (Å²) in [5, 5.41) is 20.9. The highest BCUT2D eigenvalue weighted by Gasteiger charge is 2.24. The average molecular weight is 575 g/mol. The fourth-order valence-electron chi connectivity index (χ4n) is 4.58. The molecule has 0 aliphatic carbocycles. The molecule has 2 aromatic rings. The zero-order valence-electron chi connectivity index (χ0n) is 24.6. The molecule has 8 nitrogen and oxygen atoms in total. The van der Waals surface area contributed by atoms with Crippen molar-refractivity contribution in [2.75, 3.05) is 26.7 Å². The number of amides is 2. The van der Waals surface area contributed by atoms with Crippen molar-refractivity contribution in [2.24, 2.45) is 5.16 Å². The molecule has 0 spiro atoms. The van der Waals surface area contributed by atoms with Gasteiger partial charge in [0.25, 0.3) is 5.91 Å². The fourth-order valence-corrected chi connectivity index (χ4v) is 4.58. The van der Waals surface area contributed by atoms with Crippen molar-refractivity contribution >= 4 is 17.5 Å². The van der Waals surface area contributed by atoms with Crippen LogP contribution in [-0.4, -0.2) is 66.4 Å². The van der Waals surface area contributed by atoms with Crippen molar-refractivity contribution in [1.82, 2.24) is 15.5 Å². The number of aliphatic hydroxyl groups excluding tert-OH is 1. The Balaban J connectivity index is 2.09. The second-order valence-corrected chi connectivity index (χ2v) is 10.0. The summed E-state index contributed by atoms with van der Waals surface area (Å²) in [7, 11) is 1.34. The maximum Gasteiger partial charge on any atom is 0.271 e. The highest BCUT2D eigenvalue weighted by atomic mass is 19.1. The molecule has 41 heavy (non-hydrogen) atoms. The standard InChI is InChI=1S/C31H44F2N4O4/c1-5-13-37(14-6-2)31(40)27(36-41-4)11-12-30(39)35-28(18-24-16-25(32)19-26(33)17-24)29(38)21-34-20-23-10-8-9-22(7-3)15-23/h8-10,15-17,19,28-29,34,38H,5-7,11-14,18,20-21H2,1-4H3,(H,35,39)/b36-27+/t28-,29+/m0/s1. The van der Waals surface area contributed by atoms with Gasteiger partial charge in [-0.05, 0) is 54.5 Å². The van der Waals surface area contributed by atoms with Crippen LogP contribution in [0.3, 0.4) is 0 Å². The highest BCUT2D eigenvalue weighted by molar-refractivity contribution is 6.38. The van der Waals surface area contributed by atoms with Gasteiger partial charge in [0.1, 0.15) is 24.5 Å². The third-order valence-electron chi connectivity index (χ3n) is 6.58.